The van der Waals surface area contributed by atoms with Gasteiger partial charge in [0, 0.05) is 69.9 Å². The number of rotatable bonds is 8. The monoisotopic (exact) mass is 543 g/mol. The number of likely N-dealkylation sites (tertiary alicyclic amines) is 1. The predicted octanol–water partition coefficient (Wildman–Crippen LogP) is 2.03. The summed E-state index contributed by atoms with van der Waals surface area (Å²) in [6.07, 6.45) is -2.55. The lowest BCUT2D eigenvalue weighted by Crippen LogP contribution is -2.48. The minimum Gasteiger partial charge on any atom is -0.475 e. The molecule has 1 aromatic rings. The normalized spacial score (nSPS) is 17.8. The van der Waals surface area contributed by atoms with Crippen molar-refractivity contribution in [3.8, 4) is 0 Å². The number of likely N-dealkylation sites (N-methyl/N-ethyl adjacent to an activating group) is 1. The first-order valence-corrected chi connectivity index (χ1v) is 12.6. The van der Waals surface area contributed by atoms with Crippen LogP contribution in [0.3, 0.4) is 0 Å². The molecule has 0 radical (unpaired) electrons. The Morgan fingerprint density at radius 3 is 2.39 bits per heavy atom. The number of amides is 3. The first-order chi connectivity index (χ1) is 17.9. The Bertz CT molecular complexity index is 969. The van der Waals surface area contributed by atoms with E-state index in [2.05, 4.69) is 22.5 Å². The molecule has 2 aliphatic rings. The number of benzene rings is 1. The number of hydrogen-bond acceptors (Lipinski definition) is 6. The average molecular weight is 544 g/mol. The molecule has 0 bridgehead atoms. The molecule has 10 nitrogen and oxygen atoms in total. The summed E-state index contributed by atoms with van der Waals surface area (Å²) >= 11 is 0. The van der Waals surface area contributed by atoms with E-state index in [-0.39, 0.29) is 17.7 Å². The molecular weight excluding hydrogens is 507 g/mol. The van der Waals surface area contributed by atoms with Crippen molar-refractivity contribution in [2.24, 2.45) is 0 Å². The maximum Gasteiger partial charge on any atom is 0.490 e. The fraction of sp³-hybridized carbons (Fsp3) is 0.600. The Morgan fingerprint density at radius 2 is 1.82 bits per heavy atom. The molecule has 3 N–H and O–H groups in total. The van der Waals surface area contributed by atoms with Gasteiger partial charge in [-0.15, -0.1) is 0 Å². The van der Waals surface area contributed by atoms with E-state index in [9.17, 15) is 27.6 Å². The van der Waals surface area contributed by atoms with Crippen LogP contribution in [0, 0.1) is 0 Å². The topological polar surface area (TPSA) is 122 Å². The lowest BCUT2D eigenvalue weighted by molar-refractivity contribution is -0.192. The predicted molar refractivity (Wildman–Crippen MR) is 135 cm³/mol. The minimum atomic E-state index is -5.08. The van der Waals surface area contributed by atoms with Crippen LogP contribution < -0.4 is 10.6 Å². The van der Waals surface area contributed by atoms with Gasteiger partial charge in [0.05, 0.1) is 0 Å². The van der Waals surface area contributed by atoms with E-state index in [1.807, 2.05) is 9.80 Å². The van der Waals surface area contributed by atoms with Crippen molar-refractivity contribution >= 4 is 29.4 Å². The van der Waals surface area contributed by atoms with Crippen LogP contribution in [-0.2, 0) is 14.4 Å². The molecule has 2 saturated heterocycles. The molecular formula is C25H36F3N5O5. The highest BCUT2D eigenvalue weighted by Gasteiger charge is 2.38. The molecule has 1 unspecified atom stereocenters. The summed E-state index contributed by atoms with van der Waals surface area (Å²) in [6.45, 7) is 9.71. The van der Waals surface area contributed by atoms with Gasteiger partial charge in [0.15, 0.2) is 0 Å². The molecule has 2 heterocycles. The van der Waals surface area contributed by atoms with Crippen LogP contribution >= 0.6 is 0 Å². The zero-order valence-electron chi connectivity index (χ0n) is 21.7. The molecule has 2 fully saturated rings. The third kappa shape index (κ3) is 9.93. The zero-order chi connectivity index (χ0) is 28.3. The smallest absolute Gasteiger partial charge is 0.475 e. The van der Waals surface area contributed by atoms with Gasteiger partial charge in [-0.3, -0.25) is 19.3 Å². The average Bonchev–Trinajstić information content (AvgIpc) is 3.33. The number of carboxylic acids is 1. The molecule has 38 heavy (non-hydrogen) atoms. The van der Waals surface area contributed by atoms with Gasteiger partial charge in [0.1, 0.15) is 0 Å². The van der Waals surface area contributed by atoms with E-state index in [1.165, 1.54) is 6.92 Å². The molecule has 3 amide bonds. The van der Waals surface area contributed by atoms with Crippen molar-refractivity contribution in [1.29, 1.82) is 0 Å². The van der Waals surface area contributed by atoms with Crippen molar-refractivity contribution in [2.75, 3.05) is 57.7 Å². The Hall–Kier alpha value is -3.19. The maximum absolute atomic E-state index is 13.4. The number of carboxylic acid groups (broad SMARTS) is 1. The molecule has 212 valence electrons. The molecule has 3 rings (SSSR count). The first kappa shape index (κ1) is 31.0. The summed E-state index contributed by atoms with van der Waals surface area (Å²) in [5.74, 6) is -2.92. The summed E-state index contributed by atoms with van der Waals surface area (Å²) < 4.78 is 31.7. The van der Waals surface area contributed by atoms with Gasteiger partial charge in [-0.25, -0.2) is 4.79 Å². The zero-order valence-corrected chi connectivity index (χ0v) is 21.7. The molecule has 0 aliphatic carbocycles. The summed E-state index contributed by atoms with van der Waals surface area (Å²) in [4.78, 5) is 52.5. The molecule has 0 aromatic heterocycles. The fourth-order valence-electron chi connectivity index (χ4n) is 4.47. The van der Waals surface area contributed by atoms with E-state index in [4.69, 9.17) is 9.90 Å². The van der Waals surface area contributed by atoms with E-state index < -0.39 is 12.1 Å². The highest BCUT2D eigenvalue weighted by Crippen LogP contribution is 2.20. The van der Waals surface area contributed by atoms with Gasteiger partial charge in [-0.05, 0) is 44.1 Å². The number of halogens is 3. The molecule has 1 aromatic carbocycles. The van der Waals surface area contributed by atoms with Crippen LogP contribution in [0.15, 0.2) is 24.3 Å². The van der Waals surface area contributed by atoms with Gasteiger partial charge in [-0.1, -0.05) is 13.0 Å². The lowest BCUT2D eigenvalue weighted by atomic mass is 10.1. The third-order valence-corrected chi connectivity index (χ3v) is 6.36. The van der Waals surface area contributed by atoms with Gasteiger partial charge in [0.25, 0.3) is 5.91 Å². The highest BCUT2D eigenvalue weighted by atomic mass is 19.4. The summed E-state index contributed by atoms with van der Waals surface area (Å²) in [5.41, 5.74) is 1.13. The van der Waals surface area contributed by atoms with Crippen LogP contribution in [0.4, 0.5) is 18.9 Å². The van der Waals surface area contributed by atoms with Crippen LogP contribution in [0.1, 0.15) is 43.5 Å². The van der Waals surface area contributed by atoms with E-state index in [1.54, 1.807) is 24.3 Å². The van der Waals surface area contributed by atoms with E-state index in [0.717, 1.165) is 52.1 Å². The molecule has 0 spiro atoms. The van der Waals surface area contributed by atoms with Crippen LogP contribution in [0.25, 0.3) is 0 Å². The van der Waals surface area contributed by atoms with Crippen molar-refractivity contribution in [1.82, 2.24) is 20.0 Å². The molecule has 0 saturated carbocycles. The van der Waals surface area contributed by atoms with E-state index >= 15 is 0 Å². The Labute approximate surface area is 220 Å². The number of alkyl halides is 3. The maximum atomic E-state index is 13.4. The number of nitrogens with one attached hydrogen (secondary N) is 2. The second-order valence-corrected chi connectivity index (χ2v) is 9.12. The van der Waals surface area contributed by atoms with Crippen LogP contribution in [-0.4, -0.2) is 108 Å². The highest BCUT2D eigenvalue weighted by molar-refractivity contribution is 5.97. The van der Waals surface area contributed by atoms with Crippen molar-refractivity contribution in [3.05, 3.63) is 29.8 Å². The Balaban J connectivity index is 0.000000638. The number of nitrogens with zero attached hydrogens (tertiary/aromatic N) is 3. The fourth-order valence-corrected chi connectivity index (χ4v) is 4.47. The van der Waals surface area contributed by atoms with Gasteiger partial charge in [-0.2, -0.15) is 13.2 Å². The van der Waals surface area contributed by atoms with Crippen molar-refractivity contribution in [3.63, 3.8) is 0 Å². The van der Waals surface area contributed by atoms with Crippen molar-refractivity contribution < 1.29 is 37.5 Å². The second-order valence-electron chi connectivity index (χ2n) is 9.12. The van der Waals surface area contributed by atoms with Crippen LogP contribution in [0.2, 0.25) is 0 Å². The molecule has 13 heteroatoms. The van der Waals surface area contributed by atoms with E-state index in [0.29, 0.717) is 36.8 Å². The SMILES string of the molecule is CCN1CCCC1CN(CCC(=O)N1CCNCC1)C(=O)c1cccc(NC(C)=O)c1.O=C(O)C(F)(F)F. The molecule has 2 aliphatic heterocycles. The molecule has 1 atom stereocenters. The Morgan fingerprint density at radius 1 is 1.16 bits per heavy atom. The largest absolute Gasteiger partial charge is 0.490 e. The first-order valence-electron chi connectivity index (χ1n) is 12.6. The minimum absolute atomic E-state index is 0.0942. The standard InChI is InChI=1S/C23H35N5O3.C2HF3O2/c1-3-26-12-5-8-21(26)17-28(13-9-22(30)27-14-10-24-11-15-27)23(31)19-6-4-7-20(16-19)25-18(2)29;3-2(4,5)1(6)7/h4,6-7,16,21,24H,3,5,8-15,17H2,1-2H3,(H,25,29);(H,6,7). The summed E-state index contributed by atoms with van der Waals surface area (Å²) in [6, 6.07) is 7.34. The van der Waals surface area contributed by atoms with Crippen LogP contribution in [0.5, 0.6) is 0 Å². The number of hydrogen-bond donors (Lipinski definition) is 3. The Kier molecular flexibility index (Phi) is 12.0. The summed E-state index contributed by atoms with van der Waals surface area (Å²) in [5, 5.41) is 13.1. The number of carbonyl (C=O) groups is 4. The van der Waals surface area contributed by atoms with Gasteiger partial charge < -0.3 is 25.5 Å². The lowest BCUT2D eigenvalue weighted by Gasteiger charge is -2.32. The summed E-state index contributed by atoms with van der Waals surface area (Å²) in [7, 11) is 0. The second kappa shape index (κ2) is 14.7. The number of carbonyl (C=O) groups excluding carboxylic acids is 3. The number of aliphatic carboxylic acids is 1. The third-order valence-electron chi connectivity index (χ3n) is 6.36. The number of anilines is 1. The quantitative estimate of drug-likeness (QED) is 0.459. The number of piperazine rings is 1. The van der Waals surface area contributed by atoms with Gasteiger partial charge >= 0.3 is 12.1 Å². The van der Waals surface area contributed by atoms with Gasteiger partial charge in [0.2, 0.25) is 11.8 Å². The van der Waals surface area contributed by atoms with Crippen molar-refractivity contribution in [2.45, 2.75) is 45.3 Å².